The lowest BCUT2D eigenvalue weighted by Crippen LogP contribution is -2.53. The van der Waals surface area contributed by atoms with Crippen LogP contribution in [0.1, 0.15) is 49.5 Å². The van der Waals surface area contributed by atoms with Gasteiger partial charge in [0.1, 0.15) is 5.82 Å². The number of likely N-dealkylation sites (tertiary alicyclic amines) is 1. The number of β-amino-alcohol motifs (C(OH)–C–C–N with tert-alkyl or cyclic N) is 1. The van der Waals surface area contributed by atoms with Gasteiger partial charge in [0.15, 0.2) is 0 Å². The highest BCUT2D eigenvalue weighted by atomic mass is 19.1. The molecule has 0 radical (unpaired) electrons. The molecule has 1 aliphatic rings. The molecule has 1 unspecified atom stereocenters. The lowest BCUT2D eigenvalue weighted by molar-refractivity contribution is -0.121. The molecular formula is C24H30FN3O3. The summed E-state index contributed by atoms with van der Waals surface area (Å²) in [6.45, 7) is 6.47. The molecule has 2 aromatic rings. The van der Waals surface area contributed by atoms with E-state index < -0.39 is 11.6 Å². The molecule has 1 saturated heterocycles. The quantitative estimate of drug-likeness (QED) is 0.661. The van der Waals surface area contributed by atoms with Gasteiger partial charge in [0.05, 0.1) is 11.6 Å². The highest BCUT2D eigenvalue weighted by Gasteiger charge is 2.39. The van der Waals surface area contributed by atoms with E-state index in [0.717, 1.165) is 16.8 Å². The fraction of sp³-hybridized carbons (Fsp3) is 0.417. The van der Waals surface area contributed by atoms with Crippen LogP contribution in [0.5, 0.6) is 0 Å². The van der Waals surface area contributed by atoms with Gasteiger partial charge in [-0.15, -0.1) is 0 Å². The van der Waals surface area contributed by atoms with Gasteiger partial charge in [0, 0.05) is 44.7 Å². The number of rotatable bonds is 6. The minimum Gasteiger partial charge on any atom is -0.387 e. The van der Waals surface area contributed by atoms with Crippen LogP contribution in [0.4, 0.5) is 10.1 Å². The van der Waals surface area contributed by atoms with Crippen LogP contribution in [0.15, 0.2) is 42.5 Å². The lowest BCUT2D eigenvalue weighted by Gasteiger charge is -2.43. The Morgan fingerprint density at radius 1 is 1.13 bits per heavy atom. The number of amides is 2. The Morgan fingerprint density at radius 2 is 1.81 bits per heavy atom. The van der Waals surface area contributed by atoms with Crippen molar-refractivity contribution >= 4 is 17.5 Å². The van der Waals surface area contributed by atoms with E-state index in [1.54, 1.807) is 24.3 Å². The van der Waals surface area contributed by atoms with Crippen molar-refractivity contribution in [2.75, 3.05) is 25.0 Å². The van der Waals surface area contributed by atoms with Crippen molar-refractivity contribution in [2.24, 2.45) is 0 Å². The molecule has 31 heavy (non-hydrogen) atoms. The number of piperidine rings is 1. The van der Waals surface area contributed by atoms with Crippen LogP contribution in [-0.4, -0.2) is 41.5 Å². The van der Waals surface area contributed by atoms with E-state index in [4.69, 9.17) is 0 Å². The van der Waals surface area contributed by atoms with Crippen molar-refractivity contribution < 1.29 is 19.1 Å². The first kappa shape index (κ1) is 22.9. The van der Waals surface area contributed by atoms with E-state index in [1.807, 2.05) is 19.1 Å². The Balaban J connectivity index is 1.68. The number of hydrogen-bond acceptors (Lipinski definition) is 4. The predicted octanol–water partition coefficient (Wildman–Crippen LogP) is 3.25. The third-order valence-corrected chi connectivity index (χ3v) is 5.89. The van der Waals surface area contributed by atoms with Crippen LogP contribution in [0.2, 0.25) is 0 Å². The summed E-state index contributed by atoms with van der Waals surface area (Å²) in [6.07, 6.45) is 0.424. The highest BCUT2D eigenvalue weighted by Crippen LogP contribution is 2.35. The summed E-state index contributed by atoms with van der Waals surface area (Å²) in [4.78, 5) is 25.3. The molecule has 0 aromatic heterocycles. The van der Waals surface area contributed by atoms with Gasteiger partial charge in [-0.3, -0.25) is 9.59 Å². The average Bonchev–Trinajstić information content (AvgIpc) is 2.70. The van der Waals surface area contributed by atoms with E-state index in [0.29, 0.717) is 38.0 Å². The third-order valence-electron chi connectivity index (χ3n) is 5.89. The number of anilines is 1. The van der Waals surface area contributed by atoms with Gasteiger partial charge in [0.2, 0.25) is 11.8 Å². The molecule has 2 amide bonds. The Bertz CT molecular complexity index is 955. The number of hydrogen-bond donors (Lipinski definition) is 3. The van der Waals surface area contributed by atoms with Crippen molar-refractivity contribution in [1.82, 2.24) is 10.2 Å². The second-order valence-corrected chi connectivity index (χ2v) is 8.32. The maximum atomic E-state index is 14.5. The minimum absolute atomic E-state index is 0.137. The Kier molecular flexibility index (Phi) is 7.08. The zero-order valence-corrected chi connectivity index (χ0v) is 18.2. The van der Waals surface area contributed by atoms with Crippen LogP contribution < -0.4 is 10.6 Å². The van der Waals surface area contributed by atoms with E-state index >= 15 is 0 Å². The summed E-state index contributed by atoms with van der Waals surface area (Å²) in [5.74, 6) is -0.645. The molecule has 0 aliphatic carbocycles. The fourth-order valence-electron chi connectivity index (χ4n) is 4.34. The first-order valence-corrected chi connectivity index (χ1v) is 10.5. The standard InChI is InChI=1S/C24H30FN3O3/c1-16-14-19(8-9-22(16)26-17(2)29)23(31)15-28-12-10-24(11-13-28,27-18(3)30)20-6-4-5-7-21(20)25/h4-9,14,23,31H,10-13,15H2,1-3H3,(H,26,29)(H,27,30). The van der Waals surface area contributed by atoms with Crippen molar-refractivity contribution in [2.45, 2.75) is 45.3 Å². The molecule has 1 fully saturated rings. The maximum Gasteiger partial charge on any atom is 0.221 e. The van der Waals surface area contributed by atoms with Crippen molar-refractivity contribution in [1.29, 1.82) is 0 Å². The maximum absolute atomic E-state index is 14.5. The number of aliphatic hydroxyl groups excluding tert-OH is 1. The molecule has 7 heteroatoms. The first-order valence-electron chi connectivity index (χ1n) is 10.5. The number of aryl methyl sites for hydroxylation is 1. The fourth-order valence-corrected chi connectivity index (χ4v) is 4.34. The number of carbonyl (C=O) groups is 2. The molecule has 1 heterocycles. The number of nitrogens with zero attached hydrogens (tertiary/aromatic N) is 1. The summed E-state index contributed by atoms with van der Waals surface area (Å²) in [5.41, 5.74) is 2.16. The van der Waals surface area contributed by atoms with Gasteiger partial charge < -0.3 is 20.6 Å². The summed E-state index contributed by atoms with van der Waals surface area (Å²) in [7, 11) is 0. The predicted molar refractivity (Wildman–Crippen MR) is 118 cm³/mol. The molecule has 0 spiro atoms. The van der Waals surface area contributed by atoms with E-state index in [-0.39, 0.29) is 17.6 Å². The monoisotopic (exact) mass is 427 g/mol. The van der Waals surface area contributed by atoms with Crippen molar-refractivity contribution in [3.8, 4) is 0 Å². The molecule has 1 atom stereocenters. The van der Waals surface area contributed by atoms with Crippen LogP contribution >= 0.6 is 0 Å². The number of nitrogens with one attached hydrogen (secondary N) is 2. The van der Waals surface area contributed by atoms with E-state index in [2.05, 4.69) is 15.5 Å². The minimum atomic E-state index is -0.741. The zero-order chi connectivity index (χ0) is 22.6. The van der Waals surface area contributed by atoms with Gasteiger partial charge in [-0.1, -0.05) is 30.3 Å². The van der Waals surface area contributed by atoms with Crippen molar-refractivity contribution in [3.05, 3.63) is 65.0 Å². The zero-order valence-electron chi connectivity index (χ0n) is 18.2. The number of aliphatic hydroxyl groups is 1. The molecule has 3 rings (SSSR count). The van der Waals surface area contributed by atoms with Gasteiger partial charge in [-0.2, -0.15) is 0 Å². The normalized spacial score (nSPS) is 17.1. The van der Waals surface area contributed by atoms with Gasteiger partial charge in [-0.05, 0) is 43.0 Å². The number of benzene rings is 2. The van der Waals surface area contributed by atoms with Crippen LogP contribution in [-0.2, 0) is 15.1 Å². The van der Waals surface area contributed by atoms with Gasteiger partial charge >= 0.3 is 0 Å². The Morgan fingerprint density at radius 3 is 2.39 bits per heavy atom. The Hall–Kier alpha value is -2.77. The van der Waals surface area contributed by atoms with Gasteiger partial charge in [-0.25, -0.2) is 4.39 Å². The number of halogens is 1. The van der Waals surface area contributed by atoms with Crippen LogP contribution in [0.25, 0.3) is 0 Å². The van der Waals surface area contributed by atoms with Gasteiger partial charge in [0.25, 0.3) is 0 Å². The second kappa shape index (κ2) is 9.58. The Labute approximate surface area is 182 Å². The molecule has 0 saturated carbocycles. The molecular weight excluding hydrogens is 397 g/mol. The number of carbonyl (C=O) groups excluding carboxylic acids is 2. The first-order chi connectivity index (χ1) is 14.7. The van der Waals surface area contributed by atoms with Crippen LogP contribution in [0.3, 0.4) is 0 Å². The van der Waals surface area contributed by atoms with Crippen molar-refractivity contribution in [3.63, 3.8) is 0 Å². The van der Waals surface area contributed by atoms with Crippen LogP contribution in [0, 0.1) is 12.7 Å². The topological polar surface area (TPSA) is 81.7 Å². The molecule has 2 aromatic carbocycles. The third kappa shape index (κ3) is 5.48. The summed E-state index contributed by atoms with van der Waals surface area (Å²) in [5, 5.41) is 16.5. The SMILES string of the molecule is CC(=O)Nc1ccc(C(O)CN2CCC(NC(C)=O)(c3ccccc3F)CC2)cc1C. The molecule has 1 aliphatic heterocycles. The lowest BCUT2D eigenvalue weighted by atomic mass is 9.80. The summed E-state index contributed by atoms with van der Waals surface area (Å²) >= 11 is 0. The molecule has 166 valence electrons. The molecule has 6 nitrogen and oxygen atoms in total. The highest BCUT2D eigenvalue weighted by molar-refractivity contribution is 5.89. The molecule has 3 N–H and O–H groups in total. The van der Waals surface area contributed by atoms with E-state index in [1.165, 1.54) is 19.9 Å². The summed E-state index contributed by atoms with van der Waals surface area (Å²) < 4.78 is 14.5. The smallest absolute Gasteiger partial charge is 0.221 e. The van der Waals surface area contributed by atoms with E-state index in [9.17, 15) is 19.1 Å². The summed E-state index contributed by atoms with van der Waals surface area (Å²) in [6, 6.07) is 12.1. The second-order valence-electron chi connectivity index (χ2n) is 8.32. The largest absolute Gasteiger partial charge is 0.387 e. The molecule has 0 bridgehead atoms. The average molecular weight is 428 g/mol.